The van der Waals surface area contributed by atoms with Gasteiger partial charge in [0, 0.05) is 19.4 Å². The van der Waals surface area contributed by atoms with Crippen molar-refractivity contribution in [2.45, 2.75) is 19.4 Å². The number of allylic oxidation sites excluding steroid dienone is 1. The number of ether oxygens (including phenoxy) is 3. The van der Waals surface area contributed by atoms with E-state index >= 15 is 0 Å². The Kier molecular flexibility index (Phi) is 5.28. The van der Waals surface area contributed by atoms with Crippen LogP contribution in [0.3, 0.4) is 0 Å². The van der Waals surface area contributed by atoms with Gasteiger partial charge in [-0.25, -0.2) is 0 Å². The van der Waals surface area contributed by atoms with E-state index in [-0.39, 0.29) is 23.9 Å². The van der Waals surface area contributed by atoms with Gasteiger partial charge in [0.25, 0.3) is 0 Å². The van der Waals surface area contributed by atoms with Crippen molar-refractivity contribution in [3.63, 3.8) is 0 Å². The summed E-state index contributed by atoms with van der Waals surface area (Å²) in [5, 5.41) is 10.5. The number of rotatable bonds is 6. The summed E-state index contributed by atoms with van der Waals surface area (Å²) in [7, 11) is 1.50. The summed E-state index contributed by atoms with van der Waals surface area (Å²) >= 11 is 0. The average molecular weight is 367 g/mol. The van der Waals surface area contributed by atoms with Crippen molar-refractivity contribution < 1.29 is 24.1 Å². The Labute approximate surface area is 157 Å². The molecule has 1 aromatic heterocycles. The molecule has 0 radical (unpaired) electrons. The number of ketones is 1. The van der Waals surface area contributed by atoms with Crippen molar-refractivity contribution in [2.75, 3.05) is 13.9 Å². The first-order valence-electron chi connectivity index (χ1n) is 8.44. The van der Waals surface area contributed by atoms with Crippen LogP contribution in [0, 0.1) is 0 Å². The van der Waals surface area contributed by atoms with E-state index in [1.807, 2.05) is 32.1 Å². The van der Waals surface area contributed by atoms with Gasteiger partial charge in [-0.05, 0) is 50.3 Å². The Morgan fingerprint density at radius 1 is 1.37 bits per heavy atom. The number of phenols is 1. The maximum Gasteiger partial charge on any atom is 0.193 e. The highest BCUT2D eigenvalue weighted by molar-refractivity contribution is 6.11. The first kappa shape index (κ1) is 18.7. The largest absolute Gasteiger partial charge is 0.507 e. The number of phenolic OH excluding ortho intramolecular Hbond substituents is 1. The first-order valence-corrected chi connectivity index (χ1v) is 8.44. The SMILES string of the molecule is COCOc1cc(O)c(C(=O)/C=C/c2ccccn2)c2c1C=CC(C)(C)O2. The molecule has 6 nitrogen and oxygen atoms in total. The molecule has 0 saturated carbocycles. The highest BCUT2D eigenvalue weighted by Crippen LogP contribution is 2.44. The molecule has 0 spiro atoms. The van der Waals surface area contributed by atoms with E-state index in [2.05, 4.69) is 4.98 Å². The lowest BCUT2D eigenvalue weighted by Crippen LogP contribution is -2.28. The van der Waals surface area contributed by atoms with E-state index in [0.717, 1.165) is 0 Å². The fourth-order valence-electron chi connectivity index (χ4n) is 2.68. The molecule has 1 N–H and O–H groups in total. The standard InChI is InChI=1S/C21H21NO5/c1-21(2)10-9-15-18(26-13-25-3)12-17(24)19(20(15)27-21)16(23)8-7-14-6-4-5-11-22-14/h4-12,24H,13H2,1-3H3/b8-7+. The summed E-state index contributed by atoms with van der Waals surface area (Å²) in [6.45, 7) is 3.74. The van der Waals surface area contributed by atoms with E-state index in [1.165, 1.54) is 19.3 Å². The predicted octanol–water partition coefficient (Wildman–Crippen LogP) is 3.85. The summed E-state index contributed by atoms with van der Waals surface area (Å²) in [6.07, 6.45) is 8.28. The molecule has 0 aliphatic carbocycles. The number of carbonyl (C=O) groups excluding carboxylic acids is 1. The van der Waals surface area contributed by atoms with Crippen molar-refractivity contribution in [3.8, 4) is 17.2 Å². The van der Waals surface area contributed by atoms with Crippen LogP contribution in [0.4, 0.5) is 0 Å². The Bertz CT molecular complexity index is 901. The minimum Gasteiger partial charge on any atom is -0.507 e. The molecule has 3 rings (SSSR count). The summed E-state index contributed by atoms with van der Waals surface area (Å²) in [4.78, 5) is 17.0. The molecule has 0 atom stereocenters. The Hall–Kier alpha value is -3.12. The molecule has 0 saturated heterocycles. The monoisotopic (exact) mass is 367 g/mol. The third-order valence-corrected chi connectivity index (χ3v) is 3.95. The predicted molar refractivity (Wildman–Crippen MR) is 102 cm³/mol. The maximum atomic E-state index is 12.8. The molecule has 6 heteroatoms. The van der Waals surface area contributed by atoms with Crippen LogP contribution in [0.5, 0.6) is 17.2 Å². The van der Waals surface area contributed by atoms with E-state index in [9.17, 15) is 9.90 Å². The lowest BCUT2D eigenvalue weighted by Gasteiger charge is -2.30. The molecule has 0 amide bonds. The number of hydrogen-bond acceptors (Lipinski definition) is 6. The molecule has 0 bridgehead atoms. The summed E-state index contributed by atoms with van der Waals surface area (Å²) in [5.41, 5.74) is 0.678. The van der Waals surface area contributed by atoms with E-state index in [1.54, 1.807) is 24.4 Å². The number of aromatic nitrogens is 1. The molecule has 2 aromatic rings. The van der Waals surface area contributed by atoms with Crippen LogP contribution in [0.1, 0.15) is 35.5 Å². The lowest BCUT2D eigenvalue weighted by atomic mass is 9.96. The smallest absolute Gasteiger partial charge is 0.193 e. The van der Waals surface area contributed by atoms with Crippen molar-refractivity contribution in [1.29, 1.82) is 0 Å². The van der Waals surface area contributed by atoms with Crippen LogP contribution in [0.15, 0.2) is 42.6 Å². The van der Waals surface area contributed by atoms with Gasteiger partial charge in [0.15, 0.2) is 12.6 Å². The van der Waals surface area contributed by atoms with Gasteiger partial charge in [0.05, 0.1) is 11.3 Å². The molecule has 2 heterocycles. The number of benzene rings is 1. The molecular formula is C21H21NO5. The van der Waals surface area contributed by atoms with E-state index in [4.69, 9.17) is 14.2 Å². The third kappa shape index (κ3) is 4.17. The van der Waals surface area contributed by atoms with Crippen LogP contribution in [0.25, 0.3) is 12.2 Å². The number of nitrogens with zero attached hydrogens (tertiary/aromatic N) is 1. The fraction of sp³-hybridized carbons (Fsp3) is 0.238. The fourth-order valence-corrected chi connectivity index (χ4v) is 2.68. The minimum atomic E-state index is -0.626. The van der Waals surface area contributed by atoms with Gasteiger partial charge < -0.3 is 19.3 Å². The van der Waals surface area contributed by atoms with Gasteiger partial charge in [-0.2, -0.15) is 0 Å². The molecule has 1 aliphatic rings. The molecule has 0 fully saturated rings. The van der Waals surface area contributed by atoms with Crippen LogP contribution < -0.4 is 9.47 Å². The second-order valence-corrected chi connectivity index (χ2v) is 6.55. The number of carbonyl (C=O) groups is 1. The Morgan fingerprint density at radius 3 is 2.89 bits per heavy atom. The van der Waals surface area contributed by atoms with Gasteiger partial charge in [0.2, 0.25) is 0 Å². The normalized spacial score (nSPS) is 14.6. The van der Waals surface area contributed by atoms with Crippen LogP contribution >= 0.6 is 0 Å². The molecule has 1 aromatic carbocycles. The zero-order chi connectivity index (χ0) is 19.4. The van der Waals surface area contributed by atoms with E-state index < -0.39 is 11.4 Å². The minimum absolute atomic E-state index is 0.00991. The summed E-state index contributed by atoms with van der Waals surface area (Å²) < 4.78 is 16.4. The van der Waals surface area contributed by atoms with Crippen molar-refractivity contribution in [3.05, 3.63) is 59.4 Å². The quantitative estimate of drug-likeness (QED) is 0.475. The summed E-state index contributed by atoms with van der Waals surface area (Å²) in [5.74, 6) is 0.0473. The maximum absolute atomic E-state index is 12.8. The number of methoxy groups -OCH3 is 1. The number of fused-ring (bicyclic) bond motifs is 1. The number of aromatic hydroxyl groups is 1. The molecule has 1 aliphatic heterocycles. The Morgan fingerprint density at radius 2 is 2.19 bits per heavy atom. The third-order valence-electron chi connectivity index (χ3n) is 3.95. The van der Waals surface area contributed by atoms with E-state index in [0.29, 0.717) is 17.0 Å². The second-order valence-electron chi connectivity index (χ2n) is 6.55. The van der Waals surface area contributed by atoms with Crippen LogP contribution in [-0.2, 0) is 4.74 Å². The summed E-state index contributed by atoms with van der Waals surface area (Å²) in [6, 6.07) is 6.80. The van der Waals surface area contributed by atoms with Crippen LogP contribution in [0.2, 0.25) is 0 Å². The van der Waals surface area contributed by atoms with Gasteiger partial charge in [0.1, 0.15) is 28.4 Å². The zero-order valence-electron chi connectivity index (χ0n) is 15.4. The van der Waals surface area contributed by atoms with Gasteiger partial charge in [-0.3, -0.25) is 9.78 Å². The molecule has 140 valence electrons. The van der Waals surface area contributed by atoms with Crippen molar-refractivity contribution in [2.24, 2.45) is 0 Å². The van der Waals surface area contributed by atoms with Crippen molar-refractivity contribution >= 4 is 17.9 Å². The Balaban J connectivity index is 2.03. The molecule has 27 heavy (non-hydrogen) atoms. The number of pyridine rings is 1. The number of hydrogen-bond donors (Lipinski definition) is 1. The highest BCUT2D eigenvalue weighted by Gasteiger charge is 2.30. The second kappa shape index (κ2) is 7.63. The lowest BCUT2D eigenvalue weighted by molar-refractivity contribution is 0.0502. The zero-order valence-corrected chi connectivity index (χ0v) is 15.4. The molecule has 0 unspecified atom stereocenters. The van der Waals surface area contributed by atoms with Gasteiger partial charge >= 0.3 is 0 Å². The van der Waals surface area contributed by atoms with Gasteiger partial charge in [-0.15, -0.1) is 0 Å². The molecular weight excluding hydrogens is 346 g/mol. The van der Waals surface area contributed by atoms with Crippen molar-refractivity contribution in [1.82, 2.24) is 4.98 Å². The van der Waals surface area contributed by atoms with Crippen LogP contribution in [-0.4, -0.2) is 35.4 Å². The average Bonchev–Trinajstić information content (AvgIpc) is 2.64. The van der Waals surface area contributed by atoms with Gasteiger partial charge in [-0.1, -0.05) is 6.07 Å². The highest BCUT2D eigenvalue weighted by atomic mass is 16.7. The first-order chi connectivity index (χ1) is 12.9. The topological polar surface area (TPSA) is 77.9 Å².